The van der Waals surface area contributed by atoms with E-state index in [1.165, 1.54) is 6.33 Å². The van der Waals surface area contributed by atoms with Gasteiger partial charge in [-0.15, -0.1) is 0 Å². The highest BCUT2D eigenvalue weighted by molar-refractivity contribution is 6.00. The van der Waals surface area contributed by atoms with E-state index in [0.29, 0.717) is 18.0 Å². The van der Waals surface area contributed by atoms with Crippen LogP contribution in [0.3, 0.4) is 0 Å². The molecule has 0 unspecified atom stereocenters. The third-order valence-electron chi connectivity index (χ3n) is 5.45. The number of oxime groups is 1. The minimum atomic E-state index is -0.875. The lowest BCUT2D eigenvalue weighted by Gasteiger charge is -2.12. The van der Waals surface area contributed by atoms with E-state index < -0.39 is 5.97 Å². The molecule has 8 heteroatoms. The fourth-order valence-electron chi connectivity index (χ4n) is 3.61. The topological polar surface area (TPSA) is 98.8 Å². The molecule has 0 fully saturated rings. The van der Waals surface area contributed by atoms with Gasteiger partial charge < -0.3 is 14.7 Å². The van der Waals surface area contributed by atoms with Crippen LogP contribution in [0.4, 0.5) is 0 Å². The van der Waals surface area contributed by atoms with Crippen molar-refractivity contribution in [2.45, 2.75) is 19.9 Å². The van der Waals surface area contributed by atoms with Gasteiger partial charge in [-0.3, -0.25) is 4.79 Å². The largest absolute Gasteiger partial charge is 0.490 e. The van der Waals surface area contributed by atoms with E-state index in [9.17, 15) is 4.79 Å². The Kier molecular flexibility index (Phi) is 7.85. The molecule has 178 valence electrons. The van der Waals surface area contributed by atoms with E-state index in [1.54, 1.807) is 23.1 Å². The molecule has 1 N–H and O–H groups in total. The molecule has 8 nitrogen and oxygen atoms in total. The van der Waals surface area contributed by atoms with Crippen molar-refractivity contribution in [2.75, 3.05) is 13.2 Å². The summed E-state index contributed by atoms with van der Waals surface area (Å²) in [5, 5.41) is 17.6. The third-order valence-corrected chi connectivity index (χ3v) is 5.45. The SMILES string of the molecule is Cc1c(CC(=O)O)cccc1OCCON=C(Cn1cncn1)c1ccc(-c2ccccc2)cc1. The van der Waals surface area contributed by atoms with E-state index >= 15 is 0 Å². The zero-order valence-corrected chi connectivity index (χ0v) is 19.4. The van der Waals surface area contributed by atoms with Gasteiger partial charge in [0.15, 0.2) is 6.61 Å². The molecule has 4 aromatic rings. The minimum absolute atomic E-state index is 0.0431. The molecule has 0 radical (unpaired) electrons. The Morgan fingerprint density at radius 3 is 2.46 bits per heavy atom. The van der Waals surface area contributed by atoms with Crippen molar-refractivity contribution in [1.29, 1.82) is 0 Å². The third kappa shape index (κ3) is 6.54. The van der Waals surface area contributed by atoms with Gasteiger partial charge in [0, 0.05) is 5.56 Å². The average molecular weight is 471 g/mol. The van der Waals surface area contributed by atoms with E-state index in [1.807, 2.05) is 43.3 Å². The molecule has 4 rings (SSSR count). The summed E-state index contributed by atoms with van der Waals surface area (Å²) in [6, 6.07) is 23.7. The number of hydrogen-bond donors (Lipinski definition) is 1. The molecule has 0 atom stereocenters. The first-order chi connectivity index (χ1) is 17.1. The van der Waals surface area contributed by atoms with Crippen LogP contribution in [0.5, 0.6) is 5.75 Å². The standard InChI is InChI=1S/C27H26N4O4/c1-20-24(16-27(32)33)8-5-9-26(20)34-14-15-35-30-25(17-31-19-28-18-29-31)23-12-10-22(11-13-23)21-6-3-2-4-7-21/h2-13,18-19H,14-17H2,1H3,(H,32,33). The van der Waals surface area contributed by atoms with Gasteiger partial charge >= 0.3 is 5.97 Å². The van der Waals surface area contributed by atoms with Crippen LogP contribution < -0.4 is 4.74 Å². The van der Waals surface area contributed by atoms with Crippen LogP contribution in [0.15, 0.2) is 90.6 Å². The van der Waals surface area contributed by atoms with E-state index in [-0.39, 0.29) is 19.6 Å². The Balaban J connectivity index is 1.41. The normalized spacial score (nSPS) is 11.3. The Morgan fingerprint density at radius 1 is 0.971 bits per heavy atom. The quantitative estimate of drug-likeness (QED) is 0.198. The maximum atomic E-state index is 11.0. The van der Waals surface area contributed by atoms with Crippen LogP contribution in [0.1, 0.15) is 16.7 Å². The number of carboxylic acids is 1. The van der Waals surface area contributed by atoms with Gasteiger partial charge in [0.1, 0.15) is 30.7 Å². The molecule has 35 heavy (non-hydrogen) atoms. The first-order valence-corrected chi connectivity index (χ1v) is 11.2. The van der Waals surface area contributed by atoms with Crippen molar-refractivity contribution in [2.24, 2.45) is 5.16 Å². The summed E-state index contributed by atoms with van der Waals surface area (Å²) in [7, 11) is 0. The molecule has 0 saturated heterocycles. The average Bonchev–Trinajstić information content (AvgIpc) is 3.39. The van der Waals surface area contributed by atoms with Gasteiger partial charge in [0.2, 0.25) is 0 Å². The van der Waals surface area contributed by atoms with Gasteiger partial charge in [-0.2, -0.15) is 5.10 Å². The second kappa shape index (κ2) is 11.6. The fraction of sp³-hybridized carbons (Fsp3) is 0.185. The Bertz CT molecular complexity index is 1270. The number of nitrogens with zero attached hydrogens (tertiary/aromatic N) is 4. The summed E-state index contributed by atoms with van der Waals surface area (Å²) in [6.45, 7) is 2.75. The molecule has 0 aliphatic heterocycles. The zero-order chi connectivity index (χ0) is 24.5. The lowest BCUT2D eigenvalue weighted by Crippen LogP contribution is -2.14. The van der Waals surface area contributed by atoms with Crippen molar-refractivity contribution in [3.05, 3.63) is 102 Å². The number of hydrogen-bond acceptors (Lipinski definition) is 6. The zero-order valence-electron chi connectivity index (χ0n) is 19.4. The molecule has 0 saturated carbocycles. The molecule has 1 aromatic heterocycles. The molecule has 0 spiro atoms. The number of ether oxygens (including phenoxy) is 1. The van der Waals surface area contributed by atoms with Crippen molar-refractivity contribution >= 4 is 11.7 Å². The highest BCUT2D eigenvalue weighted by Crippen LogP contribution is 2.22. The summed E-state index contributed by atoms with van der Waals surface area (Å²) in [5.41, 5.74) is 5.41. The number of rotatable bonds is 11. The van der Waals surface area contributed by atoms with Crippen molar-refractivity contribution in [3.63, 3.8) is 0 Å². The highest BCUT2D eigenvalue weighted by atomic mass is 16.6. The van der Waals surface area contributed by atoms with Crippen LogP contribution in [0.25, 0.3) is 11.1 Å². The fourth-order valence-corrected chi connectivity index (χ4v) is 3.61. The lowest BCUT2D eigenvalue weighted by molar-refractivity contribution is -0.136. The van der Waals surface area contributed by atoms with Crippen LogP contribution in [-0.4, -0.2) is 44.8 Å². The van der Waals surface area contributed by atoms with Gasteiger partial charge in [0.25, 0.3) is 0 Å². The van der Waals surface area contributed by atoms with Crippen LogP contribution >= 0.6 is 0 Å². The molecule has 1 heterocycles. The van der Waals surface area contributed by atoms with Crippen molar-refractivity contribution < 1.29 is 19.5 Å². The van der Waals surface area contributed by atoms with E-state index in [4.69, 9.17) is 14.7 Å². The molecular formula is C27H26N4O4. The van der Waals surface area contributed by atoms with E-state index in [2.05, 4.69) is 39.5 Å². The van der Waals surface area contributed by atoms with Gasteiger partial charge in [-0.25, -0.2) is 9.67 Å². The molecule has 3 aromatic carbocycles. The van der Waals surface area contributed by atoms with Gasteiger partial charge in [-0.1, -0.05) is 71.9 Å². The second-order valence-electron chi connectivity index (χ2n) is 7.87. The summed E-state index contributed by atoms with van der Waals surface area (Å²) in [6.07, 6.45) is 3.06. The van der Waals surface area contributed by atoms with Crippen LogP contribution in [0, 0.1) is 6.92 Å². The number of benzene rings is 3. The first-order valence-electron chi connectivity index (χ1n) is 11.2. The molecule has 0 amide bonds. The van der Waals surface area contributed by atoms with Crippen LogP contribution in [-0.2, 0) is 22.6 Å². The summed E-state index contributed by atoms with van der Waals surface area (Å²) in [5.74, 6) is -0.240. The predicted molar refractivity (Wildman–Crippen MR) is 132 cm³/mol. The van der Waals surface area contributed by atoms with E-state index in [0.717, 1.165) is 27.8 Å². The monoisotopic (exact) mass is 470 g/mol. The second-order valence-corrected chi connectivity index (χ2v) is 7.87. The maximum Gasteiger partial charge on any atom is 0.307 e. The Labute approximate surface area is 203 Å². The number of aromatic nitrogens is 3. The Hall–Kier alpha value is -4.46. The smallest absolute Gasteiger partial charge is 0.307 e. The number of carboxylic acid groups (broad SMARTS) is 1. The summed E-state index contributed by atoms with van der Waals surface area (Å²) < 4.78 is 7.48. The highest BCUT2D eigenvalue weighted by Gasteiger charge is 2.10. The van der Waals surface area contributed by atoms with Gasteiger partial charge in [0.05, 0.1) is 13.0 Å². The van der Waals surface area contributed by atoms with Crippen molar-refractivity contribution in [1.82, 2.24) is 14.8 Å². The van der Waals surface area contributed by atoms with Crippen molar-refractivity contribution in [3.8, 4) is 16.9 Å². The van der Waals surface area contributed by atoms with Crippen LogP contribution in [0.2, 0.25) is 0 Å². The number of carbonyl (C=O) groups is 1. The molecular weight excluding hydrogens is 444 g/mol. The van der Waals surface area contributed by atoms with Gasteiger partial charge in [-0.05, 0) is 35.2 Å². The molecule has 0 aliphatic carbocycles. The predicted octanol–water partition coefficient (Wildman–Crippen LogP) is 4.38. The summed E-state index contributed by atoms with van der Waals surface area (Å²) >= 11 is 0. The lowest BCUT2D eigenvalue weighted by atomic mass is 10.0. The Morgan fingerprint density at radius 2 is 1.74 bits per heavy atom. The molecule has 0 aliphatic rings. The summed E-state index contributed by atoms with van der Waals surface area (Å²) in [4.78, 5) is 20.6. The molecule has 0 bridgehead atoms. The first kappa shape index (κ1) is 23.7. The minimum Gasteiger partial charge on any atom is -0.490 e. The maximum absolute atomic E-state index is 11.0. The number of aliphatic carboxylic acids is 1.